The first-order valence-electron chi connectivity index (χ1n) is 42.5. The highest BCUT2D eigenvalue weighted by Crippen LogP contribution is 2.21. The van der Waals surface area contributed by atoms with Gasteiger partial charge in [0.15, 0.2) is 0 Å². The highest BCUT2D eigenvalue weighted by molar-refractivity contribution is 6.46. The molecule has 34 N–H and O–H groups in total. The summed E-state index contributed by atoms with van der Waals surface area (Å²) in [6.45, 7) is 22.6. The highest BCUT2D eigenvalue weighted by Gasteiger charge is 2.28. The van der Waals surface area contributed by atoms with E-state index in [0.717, 1.165) is 87.2 Å². The molecule has 1 amide bonds. The van der Waals surface area contributed by atoms with E-state index in [1.807, 2.05) is 16.9 Å². The number of ether oxygens (including phenoxy) is 1. The smallest absolute Gasteiger partial charge is 0.376 e. The number of aliphatic hydroxyl groups is 1. The van der Waals surface area contributed by atoms with Gasteiger partial charge < -0.3 is 129 Å². The van der Waals surface area contributed by atoms with Crippen LogP contribution in [0.2, 0.25) is 34.1 Å². The van der Waals surface area contributed by atoms with E-state index in [9.17, 15) is 95.2 Å². The van der Waals surface area contributed by atoms with Gasteiger partial charge in [0.05, 0.1) is 42.7 Å². The average molecular weight is 1890 g/mol. The van der Waals surface area contributed by atoms with E-state index >= 15 is 0 Å². The van der Waals surface area contributed by atoms with E-state index in [1.165, 1.54) is 79.9 Å². The van der Waals surface area contributed by atoms with Crippen molar-refractivity contribution in [2.45, 2.75) is 109 Å². The van der Waals surface area contributed by atoms with Gasteiger partial charge in [0.2, 0.25) is 5.91 Å². The van der Waals surface area contributed by atoms with Crippen LogP contribution in [0, 0.1) is 60.7 Å². The largest absolute Gasteiger partial charge is 0.480 e. The Morgan fingerprint density at radius 2 is 0.642 bits per heavy atom. The zero-order valence-electron chi connectivity index (χ0n) is 77.4. The molecule has 741 valence electrons. The van der Waals surface area contributed by atoms with Gasteiger partial charge in [0, 0.05) is 218 Å². The maximum atomic E-state index is 11.1. The van der Waals surface area contributed by atoms with E-state index in [2.05, 4.69) is 45.2 Å². The van der Waals surface area contributed by atoms with Crippen molar-refractivity contribution < 1.29 is 84.0 Å². The molecule has 49 nitrogen and oxygen atoms in total. The fourth-order valence-electron chi connectivity index (χ4n) is 12.2. The highest BCUT2D eigenvalue weighted by atomic mass is 16.6. The quantitative estimate of drug-likeness (QED) is 0.00604. The SMILES string of the molecule is CB(O)N1CC1.CB(O)NCCN(CCNB(C)O)CC(Cc1ccc([N+](=O)[O-])cc1)N(CCNB(C)O)CCNB(C)O.CO.COC(=O)C(N)Cc1ccc([N+](=O)[O-])cc1.N.NC(=O)C(N)Cc1ccc([N+](=O)[O-])cc1.NC(Cc1ccc([N+](=O)[O-])cc1)C(=O)O.NCC(N)Cc1ccc([N+](=O)[O-])cc1.NCCN(CCN)CC(Cc1ccc([N+](=O)[O-])cc1)N(CCN)CCN.[B]. The summed E-state index contributed by atoms with van der Waals surface area (Å²) in [5.41, 5.74) is 60.7. The summed E-state index contributed by atoms with van der Waals surface area (Å²) in [7, 11) is -0.482. The molecule has 6 atom stereocenters. The molecule has 0 aliphatic carbocycles. The molecule has 0 spiro atoms. The number of carbonyl (C=O) groups is 3. The van der Waals surface area contributed by atoms with Crippen LogP contribution in [-0.2, 0) is 57.6 Å². The zero-order chi connectivity index (χ0) is 100.0. The number of esters is 1. The minimum atomic E-state index is -1.09. The molecule has 0 saturated carbocycles. The molecule has 6 aromatic rings. The second-order valence-electron chi connectivity index (χ2n) is 30.2. The van der Waals surface area contributed by atoms with Crippen molar-refractivity contribution in [2.75, 3.05) is 152 Å². The van der Waals surface area contributed by atoms with E-state index in [4.69, 9.17) is 72.6 Å². The van der Waals surface area contributed by atoms with Gasteiger partial charge in [-0.3, -0.25) is 94.7 Å². The summed E-state index contributed by atoms with van der Waals surface area (Å²) in [4.78, 5) is 104. The predicted molar refractivity (Wildman–Crippen MR) is 522 cm³/mol. The van der Waals surface area contributed by atoms with Gasteiger partial charge in [-0.05, 0) is 132 Å². The molecule has 55 heteroatoms. The van der Waals surface area contributed by atoms with E-state index in [-0.39, 0.29) is 91.6 Å². The third-order valence-electron chi connectivity index (χ3n) is 19.3. The van der Waals surface area contributed by atoms with Gasteiger partial charge in [-0.2, -0.15) is 0 Å². The molecule has 1 saturated heterocycles. The lowest BCUT2D eigenvalue weighted by atomic mass is 9.89. The summed E-state index contributed by atoms with van der Waals surface area (Å²) in [6.07, 6.45) is 2.77. The summed E-state index contributed by atoms with van der Waals surface area (Å²) in [5, 5.41) is 138. The number of aliphatic hydroxyl groups excluding tert-OH is 1. The number of benzene rings is 6. The van der Waals surface area contributed by atoms with E-state index in [0.29, 0.717) is 116 Å². The number of nitro groups is 6. The summed E-state index contributed by atoms with van der Waals surface area (Å²) >= 11 is 0. The van der Waals surface area contributed by atoms with E-state index in [1.54, 1.807) is 94.8 Å². The van der Waals surface area contributed by atoms with Gasteiger partial charge in [0.25, 0.3) is 34.1 Å². The van der Waals surface area contributed by atoms with Crippen LogP contribution in [0.5, 0.6) is 0 Å². The number of primary amides is 1. The monoisotopic (exact) mass is 1890 g/mol. The third kappa shape index (κ3) is 59.3. The first kappa shape index (κ1) is 128. The Hall–Kier alpha value is -10.5. The Morgan fingerprint density at radius 1 is 0.403 bits per heavy atom. The molecule has 0 bridgehead atoms. The maximum Gasteiger partial charge on any atom is 0.376 e. The fourth-order valence-corrected chi connectivity index (χ4v) is 12.2. The van der Waals surface area contributed by atoms with Crippen molar-refractivity contribution in [3.63, 3.8) is 0 Å². The normalized spacial score (nSPS) is 12.3. The number of nitro benzene ring substituents is 6. The number of amides is 1. The molecule has 1 heterocycles. The van der Waals surface area contributed by atoms with Gasteiger partial charge in [-0.25, -0.2) is 0 Å². The number of carboxylic acids is 1. The van der Waals surface area contributed by atoms with Crippen molar-refractivity contribution in [2.24, 2.45) is 57.3 Å². The molecule has 7 rings (SSSR count). The molecule has 3 radical (unpaired) electrons. The van der Waals surface area contributed by atoms with Crippen LogP contribution in [0.1, 0.15) is 33.4 Å². The zero-order valence-corrected chi connectivity index (χ0v) is 77.4. The van der Waals surface area contributed by atoms with Crippen LogP contribution in [-0.4, -0.2) is 339 Å². The molecule has 134 heavy (non-hydrogen) atoms. The van der Waals surface area contributed by atoms with Crippen LogP contribution >= 0.6 is 0 Å². The number of hydrogen-bond donors (Lipinski definition) is 22. The number of nitrogens with zero attached hydrogens (tertiary/aromatic N) is 11. The fraction of sp³-hybridized carbons (Fsp3) is 0.506. The molecular weight excluding hydrogens is 1750 g/mol. The average Bonchev–Trinajstić information content (AvgIpc) is 1.70. The molecule has 1 fully saturated rings. The number of non-ortho nitro benzene ring substituents is 6. The number of carbonyl (C=O) groups excluding carboxylic acids is 2. The number of hydrogen-bond acceptors (Lipinski definition) is 41. The van der Waals surface area contributed by atoms with Crippen LogP contribution in [0.3, 0.4) is 0 Å². The third-order valence-corrected chi connectivity index (χ3v) is 19.3. The minimum Gasteiger partial charge on any atom is -0.480 e. The Bertz CT molecular complexity index is 4100. The van der Waals surface area contributed by atoms with Crippen molar-refractivity contribution in [1.82, 2.24) is 51.5 Å². The molecule has 6 unspecified atom stereocenters. The first-order valence-corrected chi connectivity index (χ1v) is 42.5. The number of nitrogens with one attached hydrogen (secondary N) is 4. The lowest BCUT2D eigenvalue weighted by molar-refractivity contribution is -0.385. The first-order chi connectivity index (χ1) is 62.5. The standard InChI is InChI=1S/C21H45B4N7O6.C17H33N7O2.C10H12N2O4.C9H11N3O3.C9H13N3O2.C9H10N2O4.C3H8BNO.CH4O.B.H3N/c1-22(33)26-9-13-30(14-10-27-23(2)34)18-21(17-19-5-7-20(8-6-19)32(37)38)31(15-11-28-24(3)35)16-12-29-25(4)36;18-5-9-22(10-6-19)14-17(23(11-7-20)12-8-21)13-15-1-3-16(4-2-15)24(25)26;1-16-10(13)9(11)6-7-2-4-8(5-3-7)12(14)15;10-8(9(11)13)5-6-1-3-7(4-2-6)12(14)15;10-6-8(11)5-7-1-3-9(4-2-7)12(13)14;10-8(9(12)13)5-6-1-3-7(4-2-6)11(14)15;1-4(6)5-2-3-5;1-2;;/h5-8,21,26-29,33-36H,9-18H2,1-4H3;1-4,17H,5-14,18-21H2;2-5,9H,6,11H2,1H3;1-4,8H,5,10H2,(H2,11,13);1-4,8H,5-6,10-11H2;1-4,8H,5,10H2,(H,12,13);6H,2-3H2,1H3;2H,1H3;;1H3. The Balaban J connectivity index is -0.00000157. The lowest BCUT2D eigenvalue weighted by Gasteiger charge is -2.36. The van der Waals surface area contributed by atoms with Crippen molar-refractivity contribution in [3.8, 4) is 0 Å². The molecule has 0 aromatic heterocycles. The molecule has 1 aliphatic heterocycles. The van der Waals surface area contributed by atoms with Crippen LogP contribution in [0.15, 0.2) is 146 Å². The van der Waals surface area contributed by atoms with Gasteiger partial charge in [-0.15, -0.1) is 0 Å². The van der Waals surface area contributed by atoms with Crippen LogP contribution in [0.4, 0.5) is 34.1 Å². The predicted octanol–water partition coefficient (Wildman–Crippen LogP) is -2.78. The number of aliphatic carboxylic acids is 1. The number of rotatable bonds is 53. The second-order valence-corrected chi connectivity index (χ2v) is 30.2. The maximum absolute atomic E-state index is 11.1. The molecule has 6 aromatic carbocycles. The van der Waals surface area contributed by atoms with Crippen molar-refractivity contribution in [3.05, 3.63) is 240 Å². The summed E-state index contributed by atoms with van der Waals surface area (Å²) in [5.74, 6) is -2.18. The topological polar surface area (TPSA) is 820 Å². The number of methoxy groups -OCH3 is 1. The van der Waals surface area contributed by atoms with E-state index < -0.39 is 88.8 Å². The van der Waals surface area contributed by atoms with Crippen LogP contribution < -0.4 is 84.4 Å². The minimum absolute atomic E-state index is 0. The Kier molecular flexibility index (Phi) is 70.4. The summed E-state index contributed by atoms with van der Waals surface area (Å²) < 4.78 is 4.47. The van der Waals surface area contributed by atoms with Gasteiger partial charge in [-0.1, -0.05) is 72.8 Å². The van der Waals surface area contributed by atoms with Gasteiger partial charge in [0.1, 0.15) is 12.1 Å². The molecule has 1 aliphatic rings. The molecular formula is C79H139B6N26O23. The Morgan fingerprint density at radius 3 is 0.858 bits per heavy atom. The number of nitrogens with two attached hydrogens (primary N) is 10. The van der Waals surface area contributed by atoms with Crippen molar-refractivity contribution >= 4 is 95.6 Å². The van der Waals surface area contributed by atoms with Crippen molar-refractivity contribution in [1.29, 1.82) is 0 Å². The van der Waals surface area contributed by atoms with Gasteiger partial charge >= 0.3 is 47.2 Å². The van der Waals surface area contributed by atoms with Crippen LogP contribution in [0.25, 0.3) is 0 Å². The lowest BCUT2D eigenvalue weighted by Crippen LogP contribution is -2.53. The Labute approximate surface area is 785 Å². The number of carboxylic acid groups (broad SMARTS) is 1. The second kappa shape index (κ2) is 73.9. The summed E-state index contributed by atoms with van der Waals surface area (Å²) in [6, 6.07) is 34.6.